The molecule has 1 aromatic carbocycles. The van der Waals surface area contributed by atoms with Gasteiger partial charge in [-0.1, -0.05) is 29.8 Å². The minimum atomic E-state index is -0.960. The molecule has 1 fully saturated rings. The molecule has 0 saturated carbocycles. The SMILES string of the molecule is Cc1ccc([C@]2(O)CCN(C(=O)c3ccn(C)n3)C2)cc1. The summed E-state index contributed by atoms with van der Waals surface area (Å²) >= 11 is 0. The van der Waals surface area contributed by atoms with Crippen molar-refractivity contribution in [3.8, 4) is 0 Å². The normalized spacial score (nSPS) is 21.8. The van der Waals surface area contributed by atoms with Gasteiger partial charge in [-0.3, -0.25) is 9.48 Å². The zero-order valence-electron chi connectivity index (χ0n) is 12.3. The van der Waals surface area contributed by atoms with Gasteiger partial charge in [-0.25, -0.2) is 0 Å². The molecule has 1 N–H and O–H groups in total. The Labute approximate surface area is 123 Å². The minimum absolute atomic E-state index is 0.126. The molecular weight excluding hydrogens is 266 g/mol. The van der Waals surface area contributed by atoms with Crippen LogP contribution in [-0.2, 0) is 12.6 Å². The first-order chi connectivity index (χ1) is 9.98. The molecule has 5 heteroatoms. The van der Waals surface area contributed by atoms with Crippen molar-refractivity contribution in [2.75, 3.05) is 13.1 Å². The Morgan fingerprint density at radius 1 is 1.29 bits per heavy atom. The van der Waals surface area contributed by atoms with Gasteiger partial charge in [-0.2, -0.15) is 5.10 Å². The highest BCUT2D eigenvalue weighted by Crippen LogP contribution is 2.32. The lowest BCUT2D eigenvalue weighted by molar-refractivity contribution is 0.0415. The van der Waals surface area contributed by atoms with Crippen LogP contribution in [0.4, 0.5) is 0 Å². The second-order valence-electron chi connectivity index (χ2n) is 5.75. The van der Waals surface area contributed by atoms with E-state index in [0.717, 1.165) is 11.1 Å². The monoisotopic (exact) mass is 285 g/mol. The van der Waals surface area contributed by atoms with E-state index in [4.69, 9.17) is 0 Å². The number of aliphatic hydroxyl groups is 1. The molecule has 1 atom stereocenters. The smallest absolute Gasteiger partial charge is 0.274 e. The fourth-order valence-electron chi connectivity index (χ4n) is 2.76. The Hall–Kier alpha value is -2.14. The van der Waals surface area contributed by atoms with Crippen molar-refractivity contribution in [1.82, 2.24) is 14.7 Å². The molecule has 110 valence electrons. The first-order valence-electron chi connectivity index (χ1n) is 7.06. The van der Waals surface area contributed by atoms with Crippen LogP contribution < -0.4 is 0 Å². The van der Waals surface area contributed by atoms with Crippen LogP contribution in [0, 0.1) is 6.92 Å². The quantitative estimate of drug-likeness (QED) is 0.909. The number of likely N-dealkylation sites (tertiary alicyclic amines) is 1. The molecule has 0 radical (unpaired) electrons. The summed E-state index contributed by atoms with van der Waals surface area (Å²) in [4.78, 5) is 14.0. The molecule has 1 saturated heterocycles. The molecule has 3 rings (SSSR count). The van der Waals surface area contributed by atoms with E-state index in [1.807, 2.05) is 31.2 Å². The Morgan fingerprint density at radius 3 is 2.62 bits per heavy atom. The number of amides is 1. The van der Waals surface area contributed by atoms with Crippen molar-refractivity contribution in [2.24, 2.45) is 7.05 Å². The highest BCUT2D eigenvalue weighted by Gasteiger charge is 2.40. The van der Waals surface area contributed by atoms with Crippen molar-refractivity contribution >= 4 is 5.91 Å². The molecule has 1 amide bonds. The van der Waals surface area contributed by atoms with Crippen LogP contribution in [0.2, 0.25) is 0 Å². The van der Waals surface area contributed by atoms with E-state index in [9.17, 15) is 9.90 Å². The van der Waals surface area contributed by atoms with Gasteiger partial charge >= 0.3 is 0 Å². The topological polar surface area (TPSA) is 58.4 Å². The molecule has 0 spiro atoms. The van der Waals surface area contributed by atoms with Gasteiger partial charge in [0.1, 0.15) is 11.3 Å². The second-order valence-corrected chi connectivity index (χ2v) is 5.75. The van der Waals surface area contributed by atoms with Gasteiger partial charge in [0.15, 0.2) is 0 Å². The van der Waals surface area contributed by atoms with Crippen LogP contribution in [0.1, 0.15) is 28.0 Å². The molecule has 2 heterocycles. The zero-order chi connectivity index (χ0) is 15.0. The maximum Gasteiger partial charge on any atom is 0.274 e. The predicted octanol–water partition coefficient (Wildman–Crippen LogP) is 1.46. The van der Waals surface area contributed by atoms with Crippen molar-refractivity contribution in [1.29, 1.82) is 0 Å². The van der Waals surface area contributed by atoms with Crippen LogP contribution in [0.3, 0.4) is 0 Å². The third-order valence-corrected chi connectivity index (χ3v) is 4.06. The third kappa shape index (κ3) is 2.56. The van der Waals surface area contributed by atoms with E-state index in [0.29, 0.717) is 25.2 Å². The first-order valence-corrected chi connectivity index (χ1v) is 7.06. The Morgan fingerprint density at radius 2 is 2.00 bits per heavy atom. The molecule has 0 unspecified atom stereocenters. The lowest BCUT2D eigenvalue weighted by atomic mass is 9.92. The number of hydrogen-bond donors (Lipinski definition) is 1. The third-order valence-electron chi connectivity index (χ3n) is 4.06. The number of β-amino-alcohol motifs (C(OH)–C–C–N with tert-alkyl or cyclic N) is 1. The van der Waals surface area contributed by atoms with Crippen LogP contribution in [0.5, 0.6) is 0 Å². The molecule has 5 nitrogen and oxygen atoms in total. The Balaban J connectivity index is 1.78. The lowest BCUT2D eigenvalue weighted by Crippen LogP contribution is -2.34. The van der Waals surface area contributed by atoms with Crippen LogP contribution >= 0.6 is 0 Å². The summed E-state index contributed by atoms with van der Waals surface area (Å²) < 4.78 is 1.61. The standard InChI is InChI=1S/C16H19N3O2/c1-12-3-5-13(6-4-12)16(21)8-10-19(11-16)15(20)14-7-9-18(2)17-14/h3-7,9,21H,8,10-11H2,1-2H3/t16-/m0/s1. The molecular formula is C16H19N3O2. The number of carbonyl (C=O) groups is 1. The van der Waals surface area contributed by atoms with E-state index in [-0.39, 0.29) is 5.91 Å². The summed E-state index contributed by atoms with van der Waals surface area (Å²) in [6.07, 6.45) is 2.30. The Kier molecular flexibility index (Phi) is 3.29. The van der Waals surface area contributed by atoms with E-state index in [1.165, 1.54) is 0 Å². The maximum absolute atomic E-state index is 12.4. The van der Waals surface area contributed by atoms with E-state index in [1.54, 1.807) is 28.9 Å². The van der Waals surface area contributed by atoms with Crippen molar-refractivity contribution < 1.29 is 9.90 Å². The lowest BCUT2D eigenvalue weighted by Gasteiger charge is -2.23. The van der Waals surface area contributed by atoms with Crippen LogP contribution in [-0.4, -0.2) is 38.8 Å². The van der Waals surface area contributed by atoms with Crippen molar-refractivity contribution in [2.45, 2.75) is 18.9 Å². The van der Waals surface area contributed by atoms with Crippen LogP contribution in [0.15, 0.2) is 36.5 Å². The van der Waals surface area contributed by atoms with Gasteiger partial charge in [0.25, 0.3) is 5.91 Å². The second kappa shape index (κ2) is 5.00. The summed E-state index contributed by atoms with van der Waals surface area (Å²) in [5.41, 5.74) is 1.48. The van der Waals surface area contributed by atoms with Gasteiger partial charge in [0.2, 0.25) is 0 Å². The number of benzene rings is 1. The summed E-state index contributed by atoms with van der Waals surface area (Å²) in [6.45, 7) is 2.87. The molecule has 0 aliphatic carbocycles. The molecule has 1 aliphatic rings. The first kappa shape index (κ1) is 13.8. The molecule has 1 aliphatic heterocycles. The summed E-state index contributed by atoms with van der Waals surface area (Å²) in [5.74, 6) is -0.126. The maximum atomic E-state index is 12.4. The number of hydrogen-bond acceptors (Lipinski definition) is 3. The van der Waals surface area contributed by atoms with Crippen molar-refractivity contribution in [3.05, 3.63) is 53.3 Å². The minimum Gasteiger partial charge on any atom is -0.383 e. The zero-order valence-corrected chi connectivity index (χ0v) is 12.3. The molecule has 1 aromatic heterocycles. The molecule has 2 aromatic rings. The van der Waals surface area contributed by atoms with Gasteiger partial charge in [-0.05, 0) is 25.0 Å². The summed E-state index contributed by atoms with van der Waals surface area (Å²) in [7, 11) is 1.78. The highest BCUT2D eigenvalue weighted by molar-refractivity contribution is 5.92. The van der Waals surface area contributed by atoms with E-state index < -0.39 is 5.60 Å². The number of aromatic nitrogens is 2. The average Bonchev–Trinajstić information content (AvgIpc) is 3.06. The largest absolute Gasteiger partial charge is 0.383 e. The molecule has 21 heavy (non-hydrogen) atoms. The van der Waals surface area contributed by atoms with Gasteiger partial charge in [0, 0.05) is 19.8 Å². The molecule has 0 bridgehead atoms. The van der Waals surface area contributed by atoms with E-state index >= 15 is 0 Å². The predicted molar refractivity (Wildman–Crippen MR) is 78.8 cm³/mol. The number of rotatable bonds is 2. The van der Waals surface area contributed by atoms with E-state index in [2.05, 4.69) is 5.10 Å². The highest BCUT2D eigenvalue weighted by atomic mass is 16.3. The van der Waals surface area contributed by atoms with Crippen LogP contribution in [0.25, 0.3) is 0 Å². The number of carbonyl (C=O) groups excluding carboxylic acids is 1. The van der Waals surface area contributed by atoms with Gasteiger partial charge in [-0.15, -0.1) is 0 Å². The van der Waals surface area contributed by atoms with Crippen molar-refractivity contribution in [3.63, 3.8) is 0 Å². The number of nitrogens with zero attached hydrogens (tertiary/aromatic N) is 3. The number of aryl methyl sites for hydroxylation is 2. The van der Waals surface area contributed by atoms with Gasteiger partial charge < -0.3 is 10.0 Å². The Bertz CT molecular complexity index is 662. The average molecular weight is 285 g/mol. The summed E-state index contributed by atoms with van der Waals surface area (Å²) in [6, 6.07) is 9.53. The fraction of sp³-hybridized carbons (Fsp3) is 0.375. The fourth-order valence-corrected chi connectivity index (χ4v) is 2.76. The van der Waals surface area contributed by atoms with Gasteiger partial charge in [0.05, 0.1) is 6.54 Å². The summed E-state index contributed by atoms with van der Waals surface area (Å²) in [5, 5.41) is 14.9.